The number of anilines is 2. The summed E-state index contributed by atoms with van der Waals surface area (Å²) in [6.45, 7) is 8.31. The Balaban J connectivity index is 1.89. The largest absolute Gasteiger partial charge is 0.378 e. The summed E-state index contributed by atoms with van der Waals surface area (Å²) in [7, 11) is 0. The van der Waals surface area contributed by atoms with Crippen molar-refractivity contribution in [2.45, 2.75) is 25.9 Å². The minimum atomic E-state index is -0.216. The topological polar surface area (TPSA) is 109 Å². The van der Waals surface area contributed by atoms with Crippen LogP contribution in [0.1, 0.15) is 24.2 Å². The number of urea groups is 1. The van der Waals surface area contributed by atoms with Crippen LogP contribution in [0.2, 0.25) is 0 Å². The molecule has 0 aromatic heterocycles. The molecule has 29 heavy (non-hydrogen) atoms. The van der Waals surface area contributed by atoms with Gasteiger partial charge in [-0.3, -0.25) is 4.79 Å². The first-order valence-electron chi connectivity index (χ1n) is 10.1. The van der Waals surface area contributed by atoms with Crippen LogP contribution in [0.25, 0.3) is 0 Å². The van der Waals surface area contributed by atoms with Gasteiger partial charge in [-0.2, -0.15) is 0 Å². The molecular weight excluding hydrogens is 374 g/mol. The van der Waals surface area contributed by atoms with Crippen molar-refractivity contribution in [3.8, 4) is 0 Å². The van der Waals surface area contributed by atoms with E-state index in [0.29, 0.717) is 63.9 Å². The molecule has 4 N–H and O–H groups in total. The summed E-state index contributed by atoms with van der Waals surface area (Å²) in [5, 5.41) is 5.79. The van der Waals surface area contributed by atoms with Crippen molar-refractivity contribution in [2.75, 3.05) is 62.8 Å². The predicted octanol–water partition coefficient (Wildman–Crippen LogP) is 0.853. The number of nitrogens with zero attached hydrogens (tertiary/aromatic N) is 2. The molecule has 0 spiro atoms. The van der Waals surface area contributed by atoms with Gasteiger partial charge in [0.25, 0.3) is 5.91 Å². The molecular formula is C20H31N5O4. The molecule has 1 aromatic carbocycles. The molecule has 2 atom stereocenters. The number of nitrogens with one attached hydrogen (secondary N) is 2. The van der Waals surface area contributed by atoms with Gasteiger partial charge in [0.2, 0.25) is 0 Å². The van der Waals surface area contributed by atoms with E-state index in [1.54, 1.807) is 17.0 Å². The number of hydrogen-bond acceptors (Lipinski definition) is 6. The second-order valence-electron chi connectivity index (χ2n) is 7.45. The standard InChI is InChI=1S/C20H31N5O4/c1-14-12-29-13-15(2)25(14)18-4-3-16(19(26)22-6-5-21)11-17(18)23-20(27)24-7-9-28-10-8-24/h3-4,11,14-15H,5-10,12-13,21H2,1-2H3,(H,22,26)(H,23,27). The molecule has 2 aliphatic heterocycles. The first-order chi connectivity index (χ1) is 14.0. The normalized spacial score (nSPS) is 22.3. The average Bonchev–Trinajstić information content (AvgIpc) is 2.73. The highest BCUT2D eigenvalue weighted by molar-refractivity contribution is 5.99. The van der Waals surface area contributed by atoms with Crippen molar-refractivity contribution in [1.29, 1.82) is 0 Å². The third-order valence-corrected chi connectivity index (χ3v) is 5.17. The molecule has 2 unspecified atom stereocenters. The number of nitrogens with two attached hydrogens (primary N) is 1. The van der Waals surface area contributed by atoms with Crippen LogP contribution in [0, 0.1) is 0 Å². The first-order valence-corrected chi connectivity index (χ1v) is 10.1. The smallest absolute Gasteiger partial charge is 0.322 e. The first kappa shape index (κ1) is 21.4. The maximum atomic E-state index is 12.8. The van der Waals surface area contributed by atoms with Crippen molar-refractivity contribution in [2.24, 2.45) is 5.73 Å². The van der Waals surface area contributed by atoms with Crippen LogP contribution in [0.4, 0.5) is 16.2 Å². The van der Waals surface area contributed by atoms with E-state index in [2.05, 4.69) is 29.4 Å². The summed E-state index contributed by atoms with van der Waals surface area (Å²) in [4.78, 5) is 29.2. The Bertz CT molecular complexity index is 713. The molecule has 2 saturated heterocycles. The summed E-state index contributed by atoms with van der Waals surface area (Å²) in [5.41, 5.74) is 7.45. The summed E-state index contributed by atoms with van der Waals surface area (Å²) >= 11 is 0. The predicted molar refractivity (Wildman–Crippen MR) is 111 cm³/mol. The second-order valence-corrected chi connectivity index (χ2v) is 7.45. The SMILES string of the molecule is CC1COCC(C)N1c1ccc(C(=O)NCCN)cc1NC(=O)N1CCOCC1. The van der Waals surface area contributed by atoms with Crippen LogP contribution in [0.15, 0.2) is 18.2 Å². The summed E-state index contributed by atoms with van der Waals surface area (Å²) in [5.74, 6) is -0.216. The number of benzene rings is 1. The van der Waals surface area contributed by atoms with Gasteiger partial charge in [0, 0.05) is 43.8 Å². The van der Waals surface area contributed by atoms with Gasteiger partial charge in [-0.25, -0.2) is 4.79 Å². The van der Waals surface area contributed by atoms with Gasteiger partial charge in [-0.15, -0.1) is 0 Å². The molecule has 3 rings (SSSR count). The van der Waals surface area contributed by atoms with Gasteiger partial charge in [-0.05, 0) is 32.0 Å². The van der Waals surface area contributed by atoms with Gasteiger partial charge in [-0.1, -0.05) is 0 Å². The molecule has 2 aliphatic rings. The molecule has 9 nitrogen and oxygen atoms in total. The zero-order chi connectivity index (χ0) is 20.8. The highest BCUT2D eigenvalue weighted by Gasteiger charge is 2.29. The van der Waals surface area contributed by atoms with Gasteiger partial charge >= 0.3 is 6.03 Å². The van der Waals surface area contributed by atoms with Crippen LogP contribution in [-0.4, -0.2) is 81.5 Å². The quantitative estimate of drug-likeness (QED) is 0.670. The van der Waals surface area contributed by atoms with E-state index in [1.807, 2.05) is 6.07 Å². The number of amides is 3. The maximum Gasteiger partial charge on any atom is 0.322 e. The molecule has 0 bridgehead atoms. The van der Waals surface area contributed by atoms with E-state index in [-0.39, 0.29) is 24.0 Å². The summed E-state index contributed by atoms with van der Waals surface area (Å²) < 4.78 is 11.0. The monoisotopic (exact) mass is 405 g/mol. The van der Waals surface area contributed by atoms with Crippen LogP contribution >= 0.6 is 0 Å². The van der Waals surface area contributed by atoms with Crippen molar-refractivity contribution in [3.05, 3.63) is 23.8 Å². The van der Waals surface area contributed by atoms with Crippen molar-refractivity contribution in [3.63, 3.8) is 0 Å². The zero-order valence-corrected chi connectivity index (χ0v) is 17.1. The van der Waals surface area contributed by atoms with Crippen LogP contribution in [-0.2, 0) is 9.47 Å². The van der Waals surface area contributed by atoms with Crippen LogP contribution in [0.3, 0.4) is 0 Å². The third-order valence-electron chi connectivity index (χ3n) is 5.17. The number of carbonyl (C=O) groups excluding carboxylic acids is 2. The van der Waals surface area contributed by atoms with Crippen molar-refractivity contribution < 1.29 is 19.1 Å². The minimum Gasteiger partial charge on any atom is -0.378 e. The van der Waals surface area contributed by atoms with E-state index >= 15 is 0 Å². The van der Waals surface area contributed by atoms with E-state index < -0.39 is 0 Å². The van der Waals surface area contributed by atoms with Crippen molar-refractivity contribution >= 4 is 23.3 Å². The Morgan fingerprint density at radius 3 is 2.48 bits per heavy atom. The fourth-order valence-electron chi connectivity index (χ4n) is 3.73. The Hall–Kier alpha value is -2.36. The highest BCUT2D eigenvalue weighted by atomic mass is 16.5. The fraction of sp³-hybridized carbons (Fsp3) is 0.600. The average molecular weight is 405 g/mol. The van der Waals surface area contributed by atoms with Crippen molar-refractivity contribution in [1.82, 2.24) is 10.2 Å². The van der Waals surface area contributed by atoms with Gasteiger partial charge in [0.1, 0.15) is 0 Å². The molecule has 0 aliphatic carbocycles. The Labute approximate surface area is 171 Å². The lowest BCUT2D eigenvalue weighted by atomic mass is 10.1. The summed E-state index contributed by atoms with van der Waals surface area (Å²) in [6, 6.07) is 5.51. The second kappa shape index (κ2) is 9.91. The molecule has 1 aromatic rings. The molecule has 160 valence electrons. The molecule has 3 amide bonds. The van der Waals surface area contributed by atoms with Gasteiger partial charge in [0.05, 0.1) is 37.8 Å². The summed E-state index contributed by atoms with van der Waals surface area (Å²) in [6.07, 6.45) is 0. The van der Waals surface area contributed by atoms with Crippen LogP contribution < -0.4 is 21.3 Å². The Morgan fingerprint density at radius 1 is 1.14 bits per heavy atom. The lowest BCUT2D eigenvalue weighted by molar-refractivity contribution is 0.0564. The fourth-order valence-corrected chi connectivity index (χ4v) is 3.73. The van der Waals surface area contributed by atoms with E-state index in [0.717, 1.165) is 5.69 Å². The molecule has 0 saturated carbocycles. The third kappa shape index (κ3) is 5.17. The lowest BCUT2D eigenvalue weighted by Crippen LogP contribution is -2.50. The van der Waals surface area contributed by atoms with E-state index in [1.165, 1.54) is 0 Å². The number of ether oxygens (including phenoxy) is 2. The van der Waals surface area contributed by atoms with Crippen LogP contribution in [0.5, 0.6) is 0 Å². The number of rotatable bonds is 5. The van der Waals surface area contributed by atoms with E-state index in [9.17, 15) is 9.59 Å². The lowest BCUT2D eigenvalue weighted by Gasteiger charge is -2.41. The Kier molecular flexibility index (Phi) is 7.29. The van der Waals surface area contributed by atoms with Gasteiger partial charge in [0.15, 0.2) is 0 Å². The Morgan fingerprint density at radius 2 is 1.83 bits per heavy atom. The number of carbonyl (C=O) groups is 2. The molecule has 2 heterocycles. The van der Waals surface area contributed by atoms with Gasteiger partial charge < -0.3 is 35.6 Å². The molecule has 2 fully saturated rings. The highest BCUT2D eigenvalue weighted by Crippen LogP contribution is 2.32. The maximum absolute atomic E-state index is 12.8. The molecule has 0 radical (unpaired) electrons. The number of hydrogen-bond donors (Lipinski definition) is 3. The minimum absolute atomic E-state index is 0.148. The van der Waals surface area contributed by atoms with E-state index in [4.69, 9.17) is 15.2 Å². The zero-order valence-electron chi connectivity index (χ0n) is 17.1. The molecule has 9 heteroatoms. The number of morpholine rings is 2.